The van der Waals surface area contributed by atoms with E-state index < -0.39 is 35.6 Å². The van der Waals surface area contributed by atoms with Gasteiger partial charge in [-0.25, -0.2) is 9.78 Å². The second kappa shape index (κ2) is 12.0. The van der Waals surface area contributed by atoms with Crippen LogP contribution in [0.2, 0.25) is 0 Å². The Kier molecular flexibility index (Phi) is 8.80. The lowest BCUT2D eigenvalue weighted by Gasteiger charge is -2.16. The molecule has 0 radical (unpaired) electrons. The van der Waals surface area contributed by atoms with Crippen molar-refractivity contribution < 1.29 is 24.6 Å². The number of hydrogen-bond donors (Lipinski definition) is 6. The van der Waals surface area contributed by atoms with E-state index in [0.29, 0.717) is 16.9 Å². The molecule has 3 rings (SSSR count). The molecule has 0 spiro atoms. The first-order valence-corrected chi connectivity index (χ1v) is 11.7. The number of benzene rings is 1. The predicted molar refractivity (Wildman–Crippen MR) is 137 cm³/mol. The van der Waals surface area contributed by atoms with Crippen LogP contribution in [-0.4, -0.2) is 48.7 Å². The Morgan fingerprint density at radius 2 is 1.97 bits per heavy atom. The van der Waals surface area contributed by atoms with Crippen molar-refractivity contribution in [3.05, 3.63) is 70.4 Å². The third kappa shape index (κ3) is 7.04. The number of fused-ring (bicyclic) bond motifs is 1. The summed E-state index contributed by atoms with van der Waals surface area (Å²) < 4.78 is 1.35. The maximum Gasteiger partial charge on any atom is 0.405 e. The minimum absolute atomic E-state index is 0.00715. The van der Waals surface area contributed by atoms with E-state index in [9.17, 15) is 24.3 Å². The average Bonchev–Trinajstić information content (AvgIpc) is 3.25. The van der Waals surface area contributed by atoms with E-state index in [0.717, 1.165) is 11.6 Å². The zero-order valence-electron chi connectivity index (χ0n) is 20.5. The number of amides is 3. The summed E-state index contributed by atoms with van der Waals surface area (Å²) in [6.45, 7) is 3.89. The number of primary amides is 1. The minimum Gasteiger partial charge on any atom is -0.465 e. The molecule has 0 saturated heterocycles. The topological polar surface area (TPSA) is 192 Å². The monoisotopic (exact) mass is 510 g/mol. The fourth-order valence-electron chi connectivity index (χ4n) is 3.80. The molecule has 0 bridgehead atoms. The molecular weight excluding hydrogens is 480 g/mol. The fourth-order valence-corrected chi connectivity index (χ4v) is 3.80. The van der Waals surface area contributed by atoms with Crippen molar-refractivity contribution in [3.8, 4) is 0 Å². The zero-order chi connectivity index (χ0) is 27.1. The van der Waals surface area contributed by atoms with Gasteiger partial charge in [-0.1, -0.05) is 32.1 Å². The lowest BCUT2D eigenvalue weighted by molar-refractivity contribution is -0.118. The molecule has 1 aromatic carbocycles. The number of hydrogen-bond acceptors (Lipinski definition) is 6. The average molecular weight is 511 g/mol. The number of nitrogens with one attached hydrogen (secondary N) is 3. The van der Waals surface area contributed by atoms with E-state index in [2.05, 4.69) is 20.6 Å². The van der Waals surface area contributed by atoms with Gasteiger partial charge in [-0.3, -0.25) is 14.4 Å². The van der Waals surface area contributed by atoms with Gasteiger partial charge in [0.25, 0.3) is 5.56 Å². The molecule has 2 heterocycles. The molecule has 0 fully saturated rings. The van der Waals surface area contributed by atoms with Crippen LogP contribution in [0.15, 0.2) is 53.5 Å². The molecule has 3 amide bonds. The van der Waals surface area contributed by atoms with Gasteiger partial charge in [0.2, 0.25) is 11.8 Å². The van der Waals surface area contributed by atoms with Gasteiger partial charge in [-0.05, 0) is 43.0 Å². The van der Waals surface area contributed by atoms with E-state index in [1.54, 1.807) is 6.07 Å². The molecular formula is C25H30N6O6. The molecule has 2 aromatic heterocycles. The van der Waals surface area contributed by atoms with Gasteiger partial charge in [-0.15, -0.1) is 0 Å². The summed E-state index contributed by atoms with van der Waals surface area (Å²) in [4.78, 5) is 55.5. The smallest absolute Gasteiger partial charge is 0.405 e. The number of carbonyl (C=O) groups is 3. The summed E-state index contributed by atoms with van der Waals surface area (Å²) in [6.07, 6.45) is 2.25. The van der Waals surface area contributed by atoms with Crippen LogP contribution in [0.25, 0.3) is 11.0 Å². The zero-order valence-corrected chi connectivity index (χ0v) is 20.5. The van der Waals surface area contributed by atoms with Crippen molar-refractivity contribution >= 4 is 34.6 Å². The van der Waals surface area contributed by atoms with Gasteiger partial charge in [0.1, 0.15) is 17.6 Å². The van der Waals surface area contributed by atoms with Gasteiger partial charge in [0, 0.05) is 11.8 Å². The van der Waals surface area contributed by atoms with Crippen LogP contribution in [0.5, 0.6) is 0 Å². The molecule has 0 aliphatic rings. The van der Waals surface area contributed by atoms with Crippen LogP contribution in [0.1, 0.15) is 44.2 Å². The van der Waals surface area contributed by atoms with E-state index >= 15 is 0 Å². The number of aliphatic hydroxyl groups is 1. The summed E-state index contributed by atoms with van der Waals surface area (Å²) in [7, 11) is 0. The Morgan fingerprint density at radius 1 is 1.22 bits per heavy atom. The second-order valence-corrected chi connectivity index (χ2v) is 8.84. The molecule has 0 saturated carbocycles. The maximum absolute atomic E-state index is 13.0. The number of allylic oxidation sites excluding steroid dienone is 1. The van der Waals surface area contributed by atoms with E-state index in [4.69, 9.17) is 10.8 Å². The first-order valence-electron chi connectivity index (χ1n) is 11.7. The molecule has 1 unspecified atom stereocenters. The van der Waals surface area contributed by atoms with E-state index in [1.165, 1.54) is 22.9 Å². The predicted octanol–water partition coefficient (Wildman–Crippen LogP) is 1.86. The first kappa shape index (κ1) is 27.1. The molecule has 196 valence electrons. The van der Waals surface area contributed by atoms with Crippen molar-refractivity contribution in [2.24, 2.45) is 11.7 Å². The summed E-state index contributed by atoms with van der Waals surface area (Å²) >= 11 is 0. The van der Waals surface area contributed by atoms with Crippen molar-refractivity contribution in [1.82, 2.24) is 19.9 Å². The van der Waals surface area contributed by atoms with Crippen molar-refractivity contribution in [1.29, 1.82) is 0 Å². The Morgan fingerprint density at radius 3 is 2.65 bits per heavy atom. The quantitative estimate of drug-likeness (QED) is 0.212. The van der Waals surface area contributed by atoms with E-state index in [-0.39, 0.29) is 31.0 Å². The molecule has 2 atom stereocenters. The summed E-state index contributed by atoms with van der Waals surface area (Å²) in [6, 6.07) is 7.28. The number of carbonyl (C=O) groups excluding carboxylic acids is 2. The van der Waals surface area contributed by atoms with E-state index in [1.807, 2.05) is 32.0 Å². The summed E-state index contributed by atoms with van der Waals surface area (Å²) in [5.74, 6) is -0.905. The minimum atomic E-state index is -1.41. The lowest BCUT2D eigenvalue weighted by Crippen LogP contribution is -2.44. The number of pyridine rings is 1. The van der Waals surface area contributed by atoms with Gasteiger partial charge in [0.05, 0.1) is 23.7 Å². The second-order valence-electron chi connectivity index (χ2n) is 8.84. The molecule has 0 aliphatic heterocycles. The Bertz CT molecular complexity index is 1380. The lowest BCUT2D eigenvalue weighted by atomic mass is 9.98. The highest BCUT2D eigenvalue weighted by atomic mass is 16.4. The molecule has 37 heavy (non-hydrogen) atoms. The van der Waals surface area contributed by atoms with Crippen LogP contribution in [0, 0.1) is 5.92 Å². The summed E-state index contributed by atoms with van der Waals surface area (Å²) in [5, 5.41) is 24.2. The normalized spacial score (nSPS) is 13.1. The number of rotatable bonds is 11. The van der Waals surface area contributed by atoms with Crippen LogP contribution in [0.3, 0.4) is 0 Å². The highest BCUT2D eigenvalue weighted by Crippen LogP contribution is 2.27. The van der Waals surface area contributed by atoms with Crippen molar-refractivity contribution in [2.75, 3.05) is 5.32 Å². The number of nitrogens with two attached hydrogens (primary N) is 1. The SMILES string of the molecule is CC(C)C(O)c1cccc2[nH]c(Cn3cccc(NC(=O)[C@H](CC/C=C/C(N)=O)NC(=O)O)c3=O)nc12. The molecule has 0 aliphatic carbocycles. The maximum atomic E-state index is 13.0. The number of aliphatic hydroxyl groups excluding tert-OH is 1. The van der Waals surface area contributed by atoms with Gasteiger partial charge < -0.3 is 36.1 Å². The number of aromatic amines is 1. The standard InChI is InChI=1S/C25H30N6O6/c1-14(2)22(33)15-7-5-9-16-21(15)30-20(27-16)13-31-12-6-10-18(24(31)35)28-23(34)17(29-25(36)37)8-3-4-11-19(26)32/h4-7,9-12,14,17,22,29,33H,3,8,13H2,1-2H3,(H2,26,32)(H,27,30)(H,28,34)(H,36,37)/b11-4+/t17-,22?/m0/s1. The number of anilines is 1. The van der Waals surface area contributed by atoms with Crippen molar-refractivity contribution in [2.45, 2.75) is 45.4 Å². The van der Waals surface area contributed by atoms with Gasteiger partial charge in [0.15, 0.2) is 0 Å². The number of imidazole rings is 1. The van der Waals surface area contributed by atoms with Crippen LogP contribution < -0.4 is 21.9 Å². The number of carboxylic acid groups (broad SMARTS) is 1. The van der Waals surface area contributed by atoms with Crippen LogP contribution >= 0.6 is 0 Å². The number of para-hydroxylation sites is 1. The molecule has 3 aromatic rings. The van der Waals surface area contributed by atoms with Crippen LogP contribution in [-0.2, 0) is 16.1 Å². The molecule has 12 heteroatoms. The Balaban J connectivity index is 1.79. The third-order valence-corrected chi connectivity index (χ3v) is 5.66. The number of aromatic nitrogens is 3. The van der Waals surface area contributed by atoms with Gasteiger partial charge in [-0.2, -0.15) is 0 Å². The first-order chi connectivity index (χ1) is 17.6. The van der Waals surface area contributed by atoms with Crippen molar-refractivity contribution in [3.63, 3.8) is 0 Å². The Labute approximate surface area is 212 Å². The highest BCUT2D eigenvalue weighted by Gasteiger charge is 2.22. The number of nitrogens with zero attached hydrogens (tertiary/aromatic N) is 2. The molecule has 7 N–H and O–H groups in total. The number of H-pyrrole nitrogens is 1. The Hall–Kier alpha value is -4.45. The largest absolute Gasteiger partial charge is 0.465 e. The fraction of sp³-hybridized carbons (Fsp3) is 0.320. The van der Waals surface area contributed by atoms with Crippen LogP contribution in [0.4, 0.5) is 10.5 Å². The highest BCUT2D eigenvalue weighted by molar-refractivity contribution is 5.96. The summed E-state index contributed by atoms with van der Waals surface area (Å²) in [5.41, 5.74) is 6.49. The van der Waals surface area contributed by atoms with Gasteiger partial charge >= 0.3 is 6.09 Å². The third-order valence-electron chi connectivity index (χ3n) is 5.66. The molecule has 12 nitrogen and oxygen atoms in total.